The van der Waals surface area contributed by atoms with Crippen molar-refractivity contribution in [3.05, 3.63) is 11.1 Å². The number of carboxylic acids is 1. The van der Waals surface area contributed by atoms with Crippen LogP contribution in [0.5, 0.6) is 0 Å². The second-order valence-corrected chi connectivity index (χ2v) is 6.58. The third kappa shape index (κ3) is 3.70. The van der Waals surface area contributed by atoms with Crippen molar-refractivity contribution >= 4 is 22.4 Å². The lowest BCUT2D eigenvalue weighted by atomic mass is 10.2. The summed E-state index contributed by atoms with van der Waals surface area (Å²) in [4.78, 5) is 20.0. The van der Waals surface area contributed by atoms with Crippen LogP contribution in [0, 0.1) is 5.92 Å². The van der Waals surface area contributed by atoms with Crippen LogP contribution in [0.3, 0.4) is 0 Å². The molecule has 1 aliphatic heterocycles. The number of aliphatic carboxylic acids is 1. The molecule has 110 valence electrons. The van der Waals surface area contributed by atoms with Crippen molar-refractivity contribution in [1.82, 2.24) is 9.88 Å². The van der Waals surface area contributed by atoms with Crippen LogP contribution in [0.25, 0.3) is 0 Å². The Morgan fingerprint density at radius 2 is 2.10 bits per heavy atom. The van der Waals surface area contributed by atoms with Gasteiger partial charge in [-0.2, -0.15) is 0 Å². The fraction of sp³-hybridized carbons (Fsp3) is 0.714. The van der Waals surface area contributed by atoms with Crippen LogP contribution < -0.4 is 4.90 Å². The number of rotatable bonds is 6. The van der Waals surface area contributed by atoms with Crippen molar-refractivity contribution < 1.29 is 9.90 Å². The molecule has 0 bridgehead atoms. The Hall–Kier alpha value is -1.14. The zero-order valence-corrected chi connectivity index (χ0v) is 12.4. The van der Waals surface area contributed by atoms with Crippen molar-refractivity contribution in [1.29, 1.82) is 0 Å². The number of aromatic nitrogens is 1. The minimum atomic E-state index is -0.756. The average molecular weight is 295 g/mol. The summed E-state index contributed by atoms with van der Waals surface area (Å²) in [7, 11) is 0. The van der Waals surface area contributed by atoms with E-state index in [1.165, 1.54) is 19.4 Å². The van der Waals surface area contributed by atoms with Gasteiger partial charge in [0, 0.05) is 44.5 Å². The van der Waals surface area contributed by atoms with Crippen LogP contribution >= 0.6 is 11.3 Å². The van der Waals surface area contributed by atoms with E-state index in [0.29, 0.717) is 6.42 Å². The Kier molecular flexibility index (Phi) is 4.21. The summed E-state index contributed by atoms with van der Waals surface area (Å²) in [6, 6.07) is 0. The number of piperazine rings is 1. The van der Waals surface area contributed by atoms with Gasteiger partial charge in [-0.15, -0.1) is 11.3 Å². The zero-order chi connectivity index (χ0) is 13.9. The monoisotopic (exact) mass is 295 g/mol. The number of carbonyl (C=O) groups is 1. The van der Waals surface area contributed by atoms with Crippen molar-refractivity contribution in [3.8, 4) is 0 Å². The summed E-state index contributed by atoms with van der Waals surface area (Å²) >= 11 is 1.64. The second kappa shape index (κ2) is 6.10. The molecule has 0 atom stereocenters. The lowest BCUT2D eigenvalue weighted by Crippen LogP contribution is -2.47. The van der Waals surface area contributed by atoms with Crippen LogP contribution in [0.15, 0.2) is 5.38 Å². The number of hydrogen-bond donors (Lipinski definition) is 1. The number of nitrogens with zero attached hydrogens (tertiary/aromatic N) is 3. The van der Waals surface area contributed by atoms with Gasteiger partial charge < -0.3 is 10.0 Å². The maximum Gasteiger partial charge on any atom is 0.303 e. The smallest absolute Gasteiger partial charge is 0.303 e. The first-order valence-electron chi connectivity index (χ1n) is 7.34. The van der Waals surface area contributed by atoms with E-state index in [1.54, 1.807) is 11.3 Å². The first-order valence-corrected chi connectivity index (χ1v) is 8.22. The van der Waals surface area contributed by atoms with Gasteiger partial charge >= 0.3 is 5.97 Å². The highest BCUT2D eigenvalue weighted by Crippen LogP contribution is 2.30. The number of anilines is 1. The van der Waals surface area contributed by atoms with E-state index >= 15 is 0 Å². The largest absolute Gasteiger partial charge is 0.481 e. The van der Waals surface area contributed by atoms with Gasteiger partial charge in [-0.25, -0.2) is 4.98 Å². The topological polar surface area (TPSA) is 56.7 Å². The molecular formula is C14H21N3O2S. The third-order valence-electron chi connectivity index (χ3n) is 3.99. The van der Waals surface area contributed by atoms with Gasteiger partial charge in [-0.3, -0.25) is 9.69 Å². The second-order valence-electron chi connectivity index (χ2n) is 5.75. The zero-order valence-electron chi connectivity index (χ0n) is 11.6. The molecule has 1 aliphatic carbocycles. The molecular weight excluding hydrogens is 274 g/mol. The summed E-state index contributed by atoms with van der Waals surface area (Å²) in [5.41, 5.74) is 0.910. The summed E-state index contributed by atoms with van der Waals surface area (Å²) in [6.07, 6.45) is 3.53. The minimum absolute atomic E-state index is 0.165. The molecule has 1 aromatic rings. The quantitative estimate of drug-likeness (QED) is 0.865. The number of carboxylic acid groups (broad SMARTS) is 1. The van der Waals surface area contributed by atoms with Crippen molar-refractivity contribution in [2.45, 2.75) is 25.7 Å². The highest BCUT2D eigenvalue weighted by molar-refractivity contribution is 7.13. The summed E-state index contributed by atoms with van der Waals surface area (Å²) in [5, 5.41) is 11.7. The van der Waals surface area contributed by atoms with Crippen molar-refractivity contribution in [2.24, 2.45) is 5.92 Å². The summed E-state index contributed by atoms with van der Waals surface area (Å²) in [6.45, 7) is 5.61. The van der Waals surface area contributed by atoms with Crippen LogP contribution in [0.4, 0.5) is 5.13 Å². The molecule has 2 aliphatic rings. The van der Waals surface area contributed by atoms with Gasteiger partial charge in [0.15, 0.2) is 5.13 Å². The number of thiazole rings is 1. The van der Waals surface area contributed by atoms with E-state index in [-0.39, 0.29) is 6.42 Å². The highest BCUT2D eigenvalue weighted by Gasteiger charge is 2.26. The normalized spacial score (nSPS) is 20.3. The van der Waals surface area contributed by atoms with E-state index in [9.17, 15) is 4.79 Å². The Morgan fingerprint density at radius 1 is 1.35 bits per heavy atom. The summed E-state index contributed by atoms with van der Waals surface area (Å²) in [5.74, 6) is 0.206. The molecule has 0 radical (unpaired) electrons. The molecule has 2 fully saturated rings. The van der Waals surface area contributed by atoms with Crippen molar-refractivity contribution in [3.63, 3.8) is 0 Å². The molecule has 2 heterocycles. The molecule has 0 spiro atoms. The molecule has 5 nitrogen and oxygen atoms in total. The fourth-order valence-electron chi connectivity index (χ4n) is 2.58. The molecule has 20 heavy (non-hydrogen) atoms. The minimum Gasteiger partial charge on any atom is -0.481 e. The van der Waals surface area contributed by atoms with Crippen molar-refractivity contribution in [2.75, 3.05) is 37.6 Å². The maximum absolute atomic E-state index is 10.6. The highest BCUT2D eigenvalue weighted by atomic mass is 32.1. The maximum atomic E-state index is 10.6. The lowest BCUT2D eigenvalue weighted by Gasteiger charge is -2.34. The first-order chi connectivity index (χ1) is 9.70. The molecule has 0 amide bonds. The number of aryl methyl sites for hydroxylation is 1. The van der Waals surface area contributed by atoms with Crippen LogP contribution in [-0.4, -0.2) is 53.7 Å². The van der Waals surface area contributed by atoms with E-state index in [4.69, 9.17) is 5.11 Å². The van der Waals surface area contributed by atoms with Gasteiger partial charge in [-0.05, 0) is 18.8 Å². The third-order valence-corrected chi connectivity index (χ3v) is 4.94. The van der Waals surface area contributed by atoms with Gasteiger partial charge in [0.25, 0.3) is 0 Å². The molecule has 6 heteroatoms. The Bertz CT molecular complexity index is 465. The molecule has 1 aromatic heterocycles. The van der Waals surface area contributed by atoms with Gasteiger partial charge in [0.2, 0.25) is 0 Å². The fourth-order valence-corrected chi connectivity index (χ4v) is 3.49. The van der Waals surface area contributed by atoms with E-state index < -0.39 is 5.97 Å². The molecule has 1 saturated heterocycles. The Balaban J connectivity index is 1.48. The summed E-state index contributed by atoms with van der Waals surface area (Å²) < 4.78 is 0. The number of hydrogen-bond acceptors (Lipinski definition) is 5. The lowest BCUT2D eigenvalue weighted by molar-refractivity contribution is -0.136. The van der Waals surface area contributed by atoms with Gasteiger partial charge in [-0.1, -0.05) is 0 Å². The van der Waals surface area contributed by atoms with E-state index in [2.05, 4.69) is 14.8 Å². The van der Waals surface area contributed by atoms with E-state index in [0.717, 1.165) is 42.9 Å². The molecule has 3 rings (SSSR count). The van der Waals surface area contributed by atoms with E-state index in [1.807, 2.05) is 5.38 Å². The van der Waals surface area contributed by atoms with Gasteiger partial charge in [0.1, 0.15) is 0 Å². The molecule has 0 unspecified atom stereocenters. The average Bonchev–Trinajstić information content (AvgIpc) is 3.12. The van der Waals surface area contributed by atoms with Gasteiger partial charge in [0.05, 0.1) is 12.1 Å². The molecule has 1 saturated carbocycles. The van der Waals surface area contributed by atoms with Crippen LogP contribution in [-0.2, 0) is 11.2 Å². The molecule has 0 aromatic carbocycles. The Morgan fingerprint density at radius 3 is 2.75 bits per heavy atom. The molecule has 1 N–H and O–H groups in total. The predicted octanol–water partition coefficient (Wildman–Crippen LogP) is 1.69. The van der Waals surface area contributed by atoms with Crippen LogP contribution in [0.1, 0.15) is 25.0 Å². The Labute approximate surface area is 123 Å². The first kappa shape index (κ1) is 13.8. The van der Waals surface area contributed by atoms with Crippen LogP contribution in [0.2, 0.25) is 0 Å². The SMILES string of the molecule is O=C(O)CCc1csc(N2CCN(CC3CC3)CC2)n1. The standard InChI is InChI=1S/C14H21N3O2S/c18-13(19)4-3-12-10-20-14(15-12)17-7-5-16(6-8-17)9-11-1-2-11/h10-11H,1-9H2,(H,18,19). The predicted molar refractivity (Wildman–Crippen MR) is 79.4 cm³/mol.